The van der Waals surface area contributed by atoms with Crippen LogP contribution in [0.5, 0.6) is 0 Å². The lowest BCUT2D eigenvalue weighted by Gasteiger charge is -2.23. The van der Waals surface area contributed by atoms with Crippen molar-refractivity contribution in [3.05, 3.63) is 23.8 Å². The normalized spacial score (nSPS) is 18.3. The van der Waals surface area contributed by atoms with Crippen LogP contribution in [-0.2, 0) is 16.0 Å². The number of likely N-dealkylation sites (tertiary alicyclic amines) is 1. The van der Waals surface area contributed by atoms with E-state index < -0.39 is 0 Å². The lowest BCUT2D eigenvalue weighted by Crippen LogP contribution is -2.37. The van der Waals surface area contributed by atoms with E-state index in [1.54, 1.807) is 0 Å². The fourth-order valence-corrected chi connectivity index (χ4v) is 2.88. The second kappa shape index (κ2) is 4.57. The molecular weight excluding hydrogens is 242 g/mol. The van der Waals surface area contributed by atoms with Crippen LogP contribution in [-0.4, -0.2) is 36.3 Å². The van der Waals surface area contributed by atoms with Crippen LogP contribution in [0.1, 0.15) is 18.4 Å². The maximum atomic E-state index is 11.6. The summed E-state index contributed by atoms with van der Waals surface area (Å²) in [6, 6.07) is 5.94. The number of hydrogen-bond donors (Lipinski definition) is 1. The van der Waals surface area contributed by atoms with Crippen LogP contribution in [0.15, 0.2) is 18.2 Å². The van der Waals surface area contributed by atoms with Crippen molar-refractivity contribution in [3.63, 3.8) is 0 Å². The average Bonchev–Trinajstić information content (AvgIpc) is 2.93. The summed E-state index contributed by atoms with van der Waals surface area (Å²) in [4.78, 5) is 26.7. The number of amides is 2. The van der Waals surface area contributed by atoms with Gasteiger partial charge in [-0.2, -0.15) is 0 Å². The summed E-state index contributed by atoms with van der Waals surface area (Å²) in [7, 11) is 0. The highest BCUT2D eigenvalue weighted by Gasteiger charge is 2.30. The Balaban J connectivity index is 1.70. The molecule has 2 aliphatic rings. The second-order valence-electron chi connectivity index (χ2n) is 5.03. The van der Waals surface area contributed by atoms with E-state index in [-0.39, 0.29) is 11.8 Å². The molecule has 3 rings (SSSR count). The maximum absolute atomic E-state index is 11.6. The number of carbonyl (C=O) groups excluding carboxylic acids is 2. The first-order valence-electron chi connectivity index (χ1n) is 6.62. The van der Waals surface area contributed by atoms with Crippen molar-refractivity contribution >= 4 is 23.2 Å². The number of imide groups is 1. The van der Waals surface area contributed by atoms with E-state index in [9.17, 15) is 9.59 Å². The van der Waals surface area contributed by atoms with Crippen LogP contribution >= 0.6 is 0 Å². The molecule has 2 N–H and O–H groups in total. The van der Waals surface area contributed by atoms with E-state index >= 15 is 0 Å². The molecule has 100 valence electrons. The smallest absolute Gasteiger partial charge is 0.229 e. The molecule has 0 atom stereocenters. The fourth-order valence-electron chi connectivity index (χ4n) is 2.88. The summed E-state index contributed by atoms with van der Waals surface area (Å²) in [6.07, 6.45) is 1.69. The van der Waals surface area contributed by atoms with Gasteiger partial charge in [-0.3, -0.25) is 14.5 Å². The molecule has 1 saturated heterocycles. The van der Waals surface area contributed by atoms with Gasteiger partial charge >= 0.3 is 0 Å². The lowest BCUT2D eigenvalue weighted by molar-refractivity contribution is -0.138. The highest BCUT2D eigenvalue weighted by molar-refractivity contribution is 6.01. The topological polar surface area (TPSA) is 66.6 Å². The monoisotopic (exact) mass is 259 g/mol. The predicted octanol–water partition coefficient (Wildman–Crippen LogP) is 0.780. The number of benzene rings is 1. The Morgan fingerprint density at radius 2 is 1.79 bits per heavy atom. The molecule has 0 unspecified atom stereocenters. The molecule has 0 aromatic heterocycles. The van der Waals surface area contributed by atoms with Gasteiger partial charge in [0.25, 0.3) is 0 Å². The zero-order valence-corrected chi connectivity index (χ0v) is 10.8. The Kier molecular flexibility index (Phi) is 2.89. The molecule has 0 spiro atoms. The Hall–Kier alpha value is -2.04. The molecule has 2 aliphatic heterocycles. The van der Waals surface area contributed by atoms with Crippen LogP contribution in [0.2, 0.25) is 0 Å². The van der Waals surface area contributed by atoms with E-state index in [2.05, 4.69) is 11.0 Å². The molecule has 2 heterocycles. The molecule has 1 fully saturated rings. The van der Waals surface area contributed by atoms with Crippen LogP contribution in [0.4, 0.5) is 11.4 Å². The number of hydrogen-bond acceptors (Lipinski definition) is 4. The Morgan fingerprint density at radius 1 is 1.05 bits per heavy atom. The van der Waals surface area contributed by atoms with Crippen LogP contribution in [0.3, 0.4) is 0 Å². The standard InChI is InChI=1S/C14H17N3O2/c15-11-3-1-2-10-6-7-16(14(10)11)8-9-17-12(18)4-5-13(17)19/h1-3H,4-9,15H2. The van der Waals surface area contributed by atoms with Crippen molar-refractivity contribution < 1.29 is 9.59 Å². The molecule has 0 saturated carbocycles. The lowest BCUT2D eigenvalue weighted by atomic mass is 10.1. The van der Waals surface area contributed by atoms with Crippen molar-refractivity contribution in [1.82, 2.24) is 4.90 Å². The third kappa shape index (κ3) is 2.05. The number of nitrogens with zero attached hydrogens (tertiary/aromatic N) is 2. The number of fused-ring (bicyclic) bond motifs is 1. The summed E-state index contributed by atoms with van der Waals surface area (Å²) in [5.74, 6) is -0.101. The van der Waals surface area contributed by atoms with E-state index in [0.29, 0.717) is 25.9 Å². The number of nitrogen functional groups attached to an aromatic ring is 1. The first-order valence-corrected chi connectivity index (χ1v) is 6.62. The molecular formula is C14H17N3O2. The highest BCUT2D eigenvalue weighted by atomic mass is 16.2. The van der Waals surface area contributed by atoms with Gasteiger partial charge in [0.05, 0.1) is 11.4 Å². The van der Waals surface area contributed by atoms with Gasteiger partial charge in [-0.15, -0.1) is 0 Å². The molecule has 1 aromatic rings. The van der Waals surface area contributed by atoms with Gasteiger partial charge in [-0.05, 0) is 18.1 Å². The van der Waals surface area contributed by atoms with Crippen molar-refractivity contribution in [2.24, 2.45) is 0 Å². The summed E-state index contributed by atoms with van der Waals surface area (Å²) >= 11 is 0. The molecule has 0 radical (unpaired) electrons. The minimum atomic E-state index is -0.0505. The molecule has 5 nitrogen and oxygen atoms in total. The Labute approximate surface area is 112 Å². The quantitative estimate of drug-likeness (QED) is 0.643. The highest BCUT2D eigenvalue weighted by Crippen LogP contribution is 2.33. The zero-order chi connectivity index (χ0) is 13.4. The van der Waals surface area contributed by atoms with Crippen LogP contribution in [0.25, 0.3) is 0 Å². The van der Waals surface area contributed by atoms with Crippen LogP contribution < -0.4 is 10.6 Å². The SMILES string of the molecule is Nc1cccc2c1N(CCN1C(=O)CCC1=O)CC2. The number of nitrogens with two attached hydrogens (primary N) is 1. The first-order chi connectivity index (χ1) is 9.16. The molecule has 5 heteroatoms. The van der Waals surface area contributed by atoms with Crippen molar-refractivity contribution in [2.45, 2.75) is 19.3 Å². The van der Waals surface area contributed by atoms with Gasteiger partial charge in [0.2, 0.25) is 11.8 Å². The predicted molar refractivity (Wildman–Crippen MR) is 72.7 cm³/mol. The van der Waals surface area contributed by atoms with E-state index in [4.69, 9.17) is 5.73 Å². The average molecular weight is 259 g/mol. The number of rotatable bonds is 3. The third-order valence-corrected chi connectivity index (χ3v) is 3.87. The largest absolute Gasteiger partial charge is 0.397 e. The van der Waals surface area contributed by atoms with Gasteiger partial charge in [-0.25, -0.2) is 0 Å². The molecule has 19 heavy (non-hydrogen) atoms. The second-order valence-corrected chi connectivity index (χ2v) is 5.03. The summed E-state index contributed by atoms with van der Waals surface area (Å²) in [5.41, 5.74) is 9.10. The van der Waals surface area contributed by atoms with E-state index in [1.165, 1.54) is 10.5 Å². The zero-order valence-electron chi connectivity index (χ0n) is 10.8. The van der Waals surface area contributed by atoms with Crippen molar-refractivity contribution in [3.8, 4) is 0 Å². The van der Waals surface area contributed by atoms with Crippen molar-refractivity contribution in [2.75, 3.05) is 30.3 Å². The van der Waals surface area contributed by atoms with Gasteiger partial charge in [0.1, 0.15) is 0 Å². The Morgan fingerprint density at radius 3 is 2.53 bits per heavy atom. The molecule has 0 aliphatic carbocycles. The van der Waals surface area contributed by atoms with Crippen LogP contribution in [0, 0.1) is 0 Å². The summed E-state index contributed by atoms with van der Waals surface area (Å²) < 4.78 is 0. The fraction of sp³-hybridized carbons (Fsp3) is 0.429. The number of carbonyl (C=O) groups is 2. The maximum Gasteiger partial charge on any atom is 0.229 e. The molecule has 1 aromatic carbocycles. The Bertz CT molecular complexity index is 525. The van der Waals surface area contributed by atoms with Gasteiger partial charge in [-0.1, -0.05) is 12.1 Å². The minimum Gasteiger partial charge on any atom is -0.397 e. The van der Waals surface area contributed by atoms with Gasteiger partial charge < -0.3 is 10.6 Å². The number of anilines is 2. The van der Waals surface area contributed by atoms with Gasteiger partial charge in [0.15, 0.2) is 0 Å². The first kappa shape index (κ1) is 12.0. The number of para-hydroxylation sites is 1. The van der Waals surface area contributed by atoms with E-state index in [0.717, 1.165) is 24.3 Å². The molecule has 2 amide bonds. The molecule has 0 bridgehead atoms. The third-order valence-electron chi connectivity index (χ3n) is 3.87. The summed E-state index contributed by atoms with van der Waals surface area (Å²) in [5, 5.41) is 0. The summed E-state index contributed by atoms with van der Waals surface area (Å²) in [6.45, 7) is 2.03. The minimum absolute atomic E-state index is 0.0505. The van der Waals surface area contributed by atoms with Gasteiger partial charge in [0, 0.05) is 32.5 Å². The van der Waals surface area contributed by atoms with E-state index in [1.807, 2.05) is 12.1 Å². The van der Waals surface area contributed by atoms with Crippen molar-refractivity contribution in [1.29, 1.82) is 0 Å².